The minimum Gasteiger partial charge on any atom is -0.336 e. The average Bonchev–Trinajstić information content (AvgIpc) is 3.15. The molecule has 0 bridgehead atoms. The first-order valence-electron chi connectivity index (χ1n) is 10.4. The van der Waals surface area contributed by atoms with E-state index in [4.69, 9.17) is 5.84 Å². The van der Waals surface area contributed by atoms with E-state index in [0.717, 1.165) is 22.4 Å². The van der Waals surface area contributed by atoms with Crippen molar-refractivity contribution in [1.29, 1.82) is 0 Å². The summed E-state index contributed by atoms with van der Waals surface area (Å²) in [5.74, 6) is 6.12. The van der Waals surface area contributed by atoms with Crippen LogP contribution in [0.2, 0.25) is 0 Å². The Balaban J connectivity index is 1.60. The molecule has 4 aromatic rings. The van der Waals surface area contributed by atoms with Crippen molar-refractivity contribution in [1.82, 2.24) is 14.9 Å². The zero-order valence-electron chi connectivity index (χ0n) is 18.3. The molecule has 3 aromatic carbocycles. The highest BCUT2D eigenvalue weighted by molar-refractivity contribution is 8.00. The summed E-state index contributed by atoms with van der Waals surface area (Å²) in [4.78, 5) is 13.4. The minimum absolute atomic E-state index is 0.196. The van der Waals surface area contributed by atoms with Gasteiger partial charge in [0.15, 0.2) is 5.82 Å². The van der Waals surface area contributed by atoms with Gasteiger partial charge in [-0.25, -0.2) is 9.07 Å². The third-order valence-electron chi connectivity index (χ3n) is 5.26. The summed E-state index contributed by atoms with van der Waals surface area (Å²) >= 11 is 1.20. The summed E-state index contributed by atoms with van der Waals surface area (Å²) in [6.45, 7) is 3.93. The highest BCUT2D eigenvalue weighted by Gasteiger charge is 2.26. The Morgan fingerprint density at radius 1 is 1.06 bits per heavy atom. The van der Waals surface area contributed by atoms with Crippen molar-refractivity contribution in [3.63, 3.8) is 0 Å². The first kappa shape index (κ1) is 22.5. The molecule has 1 aromatic heterocycles. The lowest BCUT2D eigenvalue weighted by Crippen LogP contribution is -2.21. The van der Waals surface area contributed by atoms with Crippen LogP contribution in [-0.2, 0) is 11.2 Å². The quantitative estimate of drug-likeness (QED) is 0.305. The maximum absolute atomic E-state index is 14.1. The van der Waals surface area contributed by atoms with E-state index in [-0.39, 0.29) is 18.1 Å². The zero-order chi connectivity index (χ0) is 23.4. The molecule has 0 radical (unpaired) electrons. The van der Waals surface area contributed by atoms with Gasteiger partial charge in [-0.05, 0) is 48.2 Å². The van der Waals surface area contributed by atoms with Gasteiger partial charge in [0.25, 0.3) is 0 Å². The summed E-state index contributed by atoms with van der Waals surface area (Å²) in [6, 6.07) is 21.8. The highest BCUT2D eigenvalue weighted by Crippen LogP contribution is 2.35. The van der Waals surface area contributed by atoms with Gasteiger partial charge in [0.2, 0.25) is 11.1 Å². The van der Waals surface area contributed by atoms with Crippen LogP contribution < -0.4 is 11.2 Å². The Labute approximate surface area is 196 Å². The van der Waals surface area contributed by atoms with E-state index in [2.05, 4.69) is 15.5 Å². The van der Waals surface area contributed by atoms with Crippen LogP contribution in [-0.4, -0.2) is 20.8 Å². The number of nitrogens with two attached hydrogens (primary N) is 1. The van der Waals surface area contributed by atoms with Crippen molar-refractivity contribution in [2.24, 2.45) is 0 Å². The molecule has 0 spiro atoms. The van der Waals surface area contributed by atoms with Gasteiger partial charge in [-0.2, -0.15) is 0 Å². The number of nitrogen functional groups attached to an aromatic ring is 1. The van der Waals surface area contributed by atoms with E-state index in [1.807, 2.05) is 62.4 Å². The maximum Gasteiger partial charge on any atom is 0.242 e. The fourth-order valence-electron chi connectivity index (χ4n) is 3.40. The van der Waals surface area contributed by atoms with Gasteiger partial charge >= 0.3 is 0 Å². The number of halogens is 1. The lowest BCUT2D eigenvalue weighted by atomic mass is 10.1. The summed E-state index contributed by atoms with van der Waals surface area (Å²) in [6.07, 6.45) is 0.196. The number of hydrogen-bond donors (Lipinski definition) is 2. The van der Waals surface area contributed by atoms with Gasteiger partial charge in [-0.1, -0.05) is 72.4 Å². The third-order valence-corrected chi connectivity index (χ3v) is 6.47. The van der Waals surface area contributed by atoms with Gasteiger partial charge in [0, 0.05) is 12.1 Å². The number of aryl methyl sites for hydroxylation is 2. The maximum atomic E-state index is 14.1. The lowest BCUT2D eigenvalue weighted by Gasteiger charge is -2.17. The monoisotopic (exact) mass is 461 g/mol. The fourth-order valence-corrected chi connectivity index (χ4v) is 4.37. The summed E-state index contributed by atoms with van der Waals surface area (Å²) in [5, 5.41) is 11.1. The number of carbonyl (C=O) groups excluding carboxylic acids is 1. The lowest BCUT2D eigenvalue weighted by molar-refractivity contribution is -0.115. The normalized spacial score (nSPS) is 11.8. The Morgan fingerprint density at radius 2 is 1.79 bits per heavy atom. The molecule has 0 aliphatic carbocycles. The molecule has 0 saturated heterocycles. The molecular weight excluding hydrogens is 437 g/mol. The van der Waals surface area contributed by atoms with Gasteiger partial charge in [-0.15, -0.1) is 10.2 Å². The highest BCUT2D eigenvalue weighted by atomic mass is 32.2. The number of hydrogen-bond acceptors (Lipinski definition) is 5. The van der Waals surface area contributed by atoms with Crippen LogP contribution in [0.5, 0.6) is 0 Å². The van der Waals surface area contributed by atoms with E-state index in [9.17, 15) is 9.18 Å². The number of benzene rings is 3. The average molecular weight is 462 g/mol. The van der Waals surface area contributed by atoms with Crippen LogP contribution in [0.15, 0.2) is 78.0 Å². The first-order chi connectivity index (χ1) is 15.9. The van der Waals surface area contributed by atoms with Gasteiger partial charge in [0.1, 0.15) is 11.1 Å². The van der Waals surface area contributed by atoms with Crippen LogP contribution in [0.25, 0.3) is 0 Å². The van der Waals surface area contributed by atoms with Crippen LogP contribution in [0, 0.1) is 19.7 Å². The van der Waals surface area contributed by atoms with E-state index in [1.54, 1.807) is 18.2 Å². The van der Waals surface area contributed by atoms with Crippen LogP contribution in [0.4, 0.5) is 10.1 Å². The summed E-state index contributed by atoms with van der Waals surface area (Å²) < 4.78 is 15.4. The van der Waals surface area contributed by atoms with Gasteiger partial charge in [-0.3, -0.25) is 4.79 Å². The molecule has 1 amide bonds. The van der Waals surface area contributed by atoms with Gasteiger partial charge < -0.3 is 11.2 Å². The van der Waals surface area contributed by atoms with E-state index in [0.29, 0.717) is 16.5 Å². The van der Waals surface area contributed by atoms with E-state index < -0.39 is 5.25 Å². The molecule has 1 heterocycles. The second kappa shape index (κ2) is 9.87. The first-order valence-corrected chi connectivity index (χ1v) is 11.3. The molecule has 0 unspecified atom stereocenters. The van der Waals surface area contributed by atoms with Crippen molar-refractivity contribution in [2.45, 2.75) is 30.7 Å². The number of amides is 1. The molecular formula is C25H24FN5OS. The second-order valence-electron chi connectivity index (χ2n) is 7.75. The van der Waals surface area contributed by atoms with Crippen molar-refractivity contribution in [3.05, 3.63) is 107 Å². The standard InChI is InChI=1S/C25H24FN5OS/c1-16-12-13-17(2)21(14-16)28-24(32)23(18-8-4-3-5-9-18)33-25-30-29-22(31(25)27)15-19-10-6-7-11-20(19)26/h3-14,23H,15,27H2,1-2H3,(H,28,32)/t23-/m0/s1. The predicted octanol–water partition coefficient (Wildman–Crippen LogP) is 4.81. The van der Waals surface area contributed by atoms with Crippen molar-refractivity contribution >= 4 is 23.4 Å². The third kappa shape index (κ3) is 5.23. The SMILES string of the molecule is Cc1ccc(C)c(NC(=O)[C@@H](Sc2nnc(Cc3ccccc3F)n2N)c2ccccc2)c1. The molecule has 8 heteroatoms. The molecule has 1 atom stereocenters. The van der Waals surface area contributed by atoms with Crippen molar-refractivity contribution in [2.75, 3.05) is 11.2 Å². The second-order valence-corrected chi connectivity index (χ2v) is 8.83. The largest absolute Gasteiger partial charge is 0.336 e. The van der Waals surface area contributed by atoms with E-state index in [1.165, 1.54) is 22.5 Å². The number of nitrogens with zero attached hydrogens (tertiary/aromatic N) is 3. The predicted molar refractivity (Wildman–Crippen MR) is 129 cm³/mol. The topological polar surface area (TPSA) is 85.8 Å². The molecule has 33 heavy (non-hydrogen) atoms. The van der Waals surface area contributed by atoms with E-state index >= 15 is 0 Å². The number of thioether (sulfide) groups is 1. The fraction of sp³-hybridized carbons (Fsp3) is 0.160. The number of aromatic nitrogens is 3. The molecule has 168 valence electrons. The Kier molecular flexibility index (Phi) is 6.74. The van der Waals surface area contributed by atoms with Crippen LogP contribution in [0.1, 0.15) is 33.3 Å². The molecule has 0 aliphatic heterocycles. The number of nitrogens with one attached hydrogen (secondary N) is 1. The summed E-state index contributed by atoms with van der Waals surface area (Å²) in [7, 11) is 0. The molecule has 3 N–H and O–H groups in total. The van der Waals surface area contributed by atoms with Gasteiger partial charge in [0.05, 0.1) is 0 Å². The van der Waals surface area contributed by atoms with Crippen LogP contribution >= 0.6 is 11.8 Å². The smallest absolute Gasteiger partial charge is 0.242 e. The zero-order valence-corrected chi connectivity index (χ0v) is 19.1. The van der Waals surface area contributed by atoms with Crippen molar-refractivity contribution in [3.8, 4) is 0 Å². The Bertz CT molecular complexity index is 1280. The molecule has 6 nitrogen and oxygen atoms in total. The molecule has 0 saturated carbocycles. The number of anilines is 1. The summed E-state index contributed by atoms with van der Waals surface area (Å²) in [5.41, 5.74) is 4.07. The molecule has 0 fully saturated rings. The Morgan fingerprint density at radius 3 is 2.55 bits per heavy atom. The number of carbonyl (C=O) groups is 1. The molecule has 0 aliphatic rings. The molecule has 4 rings (SSSR count). The minimum atomic E-state index is -0.612. The van der Waals surface area contributed by atoms with Crippen LogP contribution in [0.3, 0.4) is 0 Å². The number of rotatable bonds is 7. The Hall–Kier alpha value is -3.65. The van der Waals surface area contributed by atoms with Crippen molar-refractivity contribution < 1.29 is 9.18 Å².